The zero-order chi connectivity index (χ0) is 19.5. The Labute approximate surface area is 155 Å². The number of nitrogens with zero attached hydrogens (tertiary/aromatic N) is 3. The molecule has 0 aromatic heterocycles. The van der Waals surface area contributed by atoms with E-state index in [4.69, 9.17) is 0 Å². The third kappa shape index (κ3) is 5.26. The molecule has 1 fully saturated rings. The number of sulfonamides is 1. The number of carbonyl (C=O) groups is 1. The predicted molar refractivity (Wildman–Crippen MR) is 99.4 cm³/mol. The second kappa shape index (κ2) is 8.03. The van der Waals surface area contributed by atoms with Gasteiger partial charge in [-0.3, -0.25) is 9.69 Å². The molecule has 0 saturated carbocycles. The van der Waals surface area contributed by atoms with Gasteiger partial charge in [-0.05, 0) is 18.2 Å². The normalized spacial score (nSPS) is 16.8. The Balaban J connectivity index is 2.03. The van der Waals surface area contributed by atoms with Gasteiger partial charge in [-0.25, -0.2) is 21.1 Å². The van der Waals surface area contributed by atoms with Crippen LogP contribution in [0, 0.1) is 0 Å². The molecule has 0 N–H and O–H groups in total. The molecule has 1 aliphatic heterocycles. The third-order valence-corrected chi connectivity index (χ3v) is 7.03. The minimum absolute atomic E-state index is 0.0835. The molecule has 146 valence electrons. The van der Waals surface area contributed by atoms with E-state index in [1.807, 2.05) is 4.90 Å². The van der Waals surface area contributed by atoms with Crippen molar-refractivity contribution in [1.82, 2.24) is 14.1 Å². The smallest absolute Gasteiger partial charge is 0.253 e. The first-order valence-electron chi connectivity index (χ1n) is 8.22. The highest BCUT2D eigenvalue weighted by Gasteiger charge is 2.24. The van der Waals surface area contributed by atoms with Gasteiger partial charge in [-0.1, -0.05) is 6.07 Å². The van der Waals surface area contributed by atoms with Crippen LogP contribution in [0.25, 0.3) is 0 Å². The van der Waals surface area contributed by atoms with Crippen LogP contribution in [0.15, 0.2) is 29.2 Å². The van der Waals surface area contributed by atoms with E-state index in [2.05, 4.69) is 0 Å². The van der Waals surface area contributed by atoms with Gasteiger partial charge in [0.15, 0.2) is 0 Å². The molecular weight excluding hydrogens is 378 g/mol. The van der Waals surface area contributed by atoms with Gasteiger partial charge in [0, 0.05) is 58.6 Å². The molecule has 1 amide bonds. The lowest BCUT2D eigenvalue weighted by atomic mass is 10.2. The summed E-state index contributed by atoms with van der Waals surface area (Å²) in [7, 11) is -3.71. The maximum absolute atomic E-state index is 12.7. The summed E-state index contributed by atoms with van der Waals surface area (Å²) >= 11 is 0. The Bertz CT molecular complexity index is 858. The molecule has 0 unspecified atom stereocenters. The Morgan fingerprint density at radius 1 is 1.08 bits per heavy atom. The molecule has 1 heterocycles. The summed E-state index contributed by atoms with van der Waals surface area (Å²) in [4.78, 5) is 16.4. The minimum atomic E-state index is -3.60. The largest absolute Gasteiger partial charge is 0.336 e. The molecule has 0 bridgehead atoms. The van der Waals surface area contributed by atoms with Crippen molar-refractivity contribution in [2.45, 2.75) is 4.90 Å². The Kier molecular flexibility index (Phi) is 6.43. The van der Waals surface area contributed by atoms with E-state index in [1.54, 1.807) is 17.0 Å². The summed E-state index contributed by atoms with van der Waals surface area (Å²) in [6, 6.07) is 6.03. The van der Waals surface area contributed by atoms with Crippen molar-refractivity contribution < 1.29 is 21.6 Å². The number of piperazine rings is 1. The van der Waals surface area contributed by atoms with E-state index < -0.39 is 19.9 Å². The van der Waals surface area contributed by atoms with Crippen molar-refractivity contribution in [2.24, 2.45) is 0 Å². The summed E-state index contributed by atoms with van der Waals surface area (Å²) in [5.41, 5.74) is 0.331. The second-order valence-corrected chi connectivity index (χ2v) is 11.0. The maximum atomic E-state index is 12.7. The SMILES string of the molecule is CN(C)S(=O)(=O)c1cccc(C(=O)N2CCN(CCS(C)(=O)=O)CC2)c1. The zero-order valence-corrected chi connectivity index (χ0v) is 16.9. The van der Waals surface area contributed by atoms with E-state index in [1.165, 1.54) is 32.5 Å². The van der Waals surface area contributed by atoms with Crippen LogP contribution in [0.1, 0.15) is 10.4 Å². The summed E-state index contributed by atoms with van der Waals surface area (Å²) in [5.74, 6) is -0.116. The summed E-state index contributed by atoms with van der Waals surface area (Å²) < 4.78 is 48.1. The van der Waals surface area contributed by atoms with Crippen molar-refractivity contribution in [3.8, 4) is 0 Å². The van der Waals surface area contributed by atoms with Gasteiger partial charge < -0.3 is 4.90 Å². The number of hydrogen-bond donors (Lipinski definition) is 0. The molecule has 0 spiro atoms. The van der Waals surface area contributed by atoms with Gasteiger partial charge in [0.05, 0.1) is 10.6 Å². The lowest BCUT2D eigenvalue weighted by Gasteiger charge is -2.34. The van der Waals surface area contributed by atoms with Gasteiger partial charge in [0.1, 0.15) is 9.84 Å². The van der Waals surface area contributed by atoms with Crippen LogP contribution < -0.4 is 0 Å². The molecule has 2 rings (SSSR count). The quantitative estimate of drug-likeness (QED) is 0.649. The molecule has 0 radical (unpaired) electrons. The molecule has 0 aliphatic carbocycles. The lowest BCUT2D eigenvalue weighted by molar-refractivity contribution is 0.0644. The second-order valence-electron chi connectivity index (χ2n) is 6.58. The molecule has 1 aliphatic rings. The fraction of sp³-hybridized carbons (Fsp3) is 0.562. The highest BCUT2D eigenvalue weighted by atomic mass is 32.2. The summed E-state index contributed by atoms with van der Waals surface area (Å²) in [6.07, 6.45) is 1.21. The topological polar surface area (TPSA) is 95.1 Å². The standard InChI is InChI=1S/C16H25N3O5S2/c1-17(2)26(23,24)15-6-4-5-14(13-15)16(20)19-9-7-18(8-10-19)11-12-25(3,21)22/h4-6,13H,7-12H2,1-3H3. The first-order chi connectivity index (χ1) is 12.0. The highest BCUT2D eigenvalue weighted by Crippen LogP contribution is 2.17. The zero-order valence-electron chi connectivity index (χ0n) is 15.3. The van der Waals surface area contributed by atoms with E-state index in [0.29, 0.717) is 38.3 Å². The molecule has 1 saturated heterocycles. The van der Waals surface area contributed by atoms with E-state index in [-0.39, 0.29) is 16.6 Å². The van der Waals surface area contributed by atoms with Gasteiger partial charge in [-0.15, -0.1) is 0 Å². The Hall–Kier alpha value is -1.49. The summed E-state index contributed by atoms with van der Waals surface area (Å²) in [6.45, 7) is 2.60. The van der Waals surface area contributed by atoms with Crippen LogP contribution >= 0.6 is 0 Å². The number of hydrogen-bond acceptors (Lipinski definition) is 6. The van der Waals surface area contributed by atoms with Gasteiger partial charge >= 0.3 is 0 Å². The summed E-state index contributed by atoms with van der Waals surface area (Å²) in [5, 5.41) is 0. The van der Waals surface area contributed by atoms with Crippen LogP contribution in [-0.4, -0.2) is 95.7 Å². The third-order valence-electron chi connectivity index (χ3n) is 4.30. The number of benzene rings is 1. The average molecular weight is 404 g/mol. The molecule has 8 nitrogen and oxygen atoms in total. The molecule has 1 aromatic carbocycles. The highest BCUT2D eigenvalue weighted by molar-refractivity contribution is 7.90. The van der Waals surface area contributed by atoms with E-state index in [9.17, 15) is 21.6 Å². The van der Waals surface area contributed by atoms with Crippen molar-refractivity contribution in [3.63, 3.8) is 0 Å². The van der Waals surface area contributed by atoms with Gasteiger partial charge in [0.2, 0.25) is 10.0 Å². The van der Waals surface area contributed by atoms with Crippen molar-refractivity contribution in [2.75, 3.05) is 58.8 Å². The van der Waals surface area contributed by atoms with Gasteiger partial charge in [-0.2, -0.15) is 0 Å². The predicted octanol–water partition coefficient (Wildman–Crippen LogP) is -0.261. The van der Waals surface area contributed by atoms with Crippen LogP contribution in [-0.2, 0) is 19.9 Å². The molecule has 26 heavy (non-hydrogen) atoms. The first-order valence-corrected chi connectivity index (χ1v) is 11.7. The van der Waals surface area contributed by atoms with Crippen molar-refractivity contribution in [3.05, 3.63) is 29.8 Å². The molecular formula is C16H25N3O5S2. The van der Waals surface area contributed by atoms with Crippen LogP contribution in [0.5, 0.6) is 0 Å². The molecule has 10 heteroatoms. The van der Waals surface area contributed by atoms with Crippen LogP contribution in [0.2, 0.25) is 0 Å². The number of amides is 1. The number of carbonyl (C=O) groups excluding carboxylic acids is 1. The van der Waals surface area contributed by atoms with Crippen molar-refractivity contribution in [1.29, 1.82) is 0 Å². The Morgan fingerprint density at radius 3 is 2.23 bits per heavy atom. The Morgan fingerprint density at radius 2 is 1.69 bits per heavy atom. The maximum Gasteiger partial charge on any atom is 0.253 e. The molecule has 0 atom stereocenters. The first kappa shape index (κ1) is 20.8. The fourth-order valence-electron chi connectivity index (χ4n) is 2.65. The van der Waals surface area contributed by atoms with Gasteiger partial charge in [0.25, 0.3) is 5.91 Å². The van der Waals surface area contributed by atoms with Crippen LogP contribution in [0.4, 0.5) is 0 Å². The average Bonchev–Trinajstić information content (AvgIpc) is 2.59. The van der Waals surface area contributed by atoms with E-state index >= 15 is 0 Å². The number of sulfone groups is 1. The van der Waals surface area contributed by atoms with Crippen molar-refractivity contribution >= 4 is 25.8 Å². The number of rotatable bonds is 6. The minimum Gasteiger partial charge on any atom is -0.336 e. The monoisotopic (exact) mass is 403 g/mol. The van der Waals surface area contributed by atoms with Crippen LogP contribution in [0.3, 0.4) is 0 Å². The fourth-order valence-corrected chi connectivity index (χ4v) is 4.19. The molecule has 1 aromatic rings. The lowest BCUT2D eigenvalue weighted by Crippen LogP contribution is -2.49. The van der Waals surface area contributed by atoms with E-state index in [0.717, 1.165) is 4.31 Å².